The van der Waals surface area contributed by atoms with Crippen LogP contribution in [0.5, 0.6) is 0 Å². The molecule has 0 atom stereocenters. The molecule has 0 N–H and O–H groups in total. The van der Waals surface area contributed by atoms with Crippen LogP contribution >= 0.6 is 0 Å². The molecule has 2 nitrogen and oxygen atoms in total. The predicted molar refractivity (Wildman–Crippen MR) is 72.2 cm³/mol. The normalized spacial score (nSPS) is 19.9. The van der Waals surface area contributed by atoms with E-state index < -0.39 is 0 Å². The smallest absolute Gasteiger partial charge is 1.00 e. The maximum Gasteiger partial charge on any atom is 2.00 e. The van der Waals surface area contributed by atoms with Gasteiger partial charge in [-0.25, -0.2) is 0 Å². The molecule has 2 rings (SSSR count). The Balaban J connectivity index is -0.000000233. The average molecular weight is 359 g/mol. The molecule has 0 bridgehead atoms. The van der Waals surface area contributed by atoms with E-state index in [-0.39, 0.29) is 41.9 Å². The second kappa shape index (κ2) is 17.1. The first kappa shape index (κ1) is 25.0. The third-order valence-corrected chi connectivity index (χ3v) is 3.94. The molecule has 19 heavy (non-hydrogen) atoms. The van der Waals surface area contributed by atoms with Crippen molar-refractivity contribution in [3.63, 3.8) is 0 Å². The Kier molecular flexibility index (Phi) is 22.5. The minimum Gasteiger partial charge on any atom is -1.00 e. The summed E-state index contributed by atoms with van der Waals surface area (Å²) in [7, 11) is 0. The molecule has 2 heterocycles. The summed E-state index contributed by atoms with van der Waals surface area (Å²) in [6.07, 6.45) is 8.09. The first-order chi connectivity index (χ1) is 7.86. The molecular formula is C14H28Cl2CuN2-2. The Labute approximate surface area is 142 Å². The molecule has 0 amide bonds. The molecule has 2 fully saturated rings. The van der Waals surface area contributed by atoms with Crippen LogP contribution in [-0.2, 0) is 17.1 Å². The number of hydrogen-bond donors (Lipinski definition) is 0. The second-order valence-corrected chi connectivity index (χ2v) is 5.04. The fourth-order valence-corrected chi connectivity index (χ4v) is 2.42. The van der Waals surface area contributed by atoms with Crippen LogP contribution in [0.1, 0.15) is 52.4 Å². The van der Waals surface area contributed by atoms with E-state index >= 15 is 0 Å². The van der Waals surface area contributed by atoms with Crippen LogP contribution in [0.15, 0.2) is 0 Å². The van der Waals surface area contributed by atoms with Gasteiger partial charge in [-0.3, -0.25) is 0 Å². The van der Waals surface area contributed by atoms with Gasteiger partial charge in [0.05, 0.1) is 0 Å². The van der Waals surface area contributed by atoms with Gasteiger partial charge < -0.3 is 35.4 Å². The monoisotopic (exact) mass is 357 g/mol. The Morgan fingerprint density at radius 3 is 1.11 bits per heavy atom. The molecular weight excluding hydrogens is 331 g/mol. The van der Waals surface area contributed by atoms with Crippen LogP contribution in [0.4, 0.5) is 0 Å². The first-order valence-electron chi connectivity index (χ1n) is 7.13. The fourth-order valence-electron chi connectivity index (χ4n) is 2.42. The van der Waals surface area contributed by atoms with Crippen molar-refractivity contribution in [1.29, 1.82) is 0 Å². The van der Waals surface area contributed by atoms with Gasteiger partial charge in [-0.2, -0.15) is 0 Å². The van der Waals surface area contributed by atoms with Gasteiger partial charge in [0.2, 0.25) is 0 Å². The summed E-state index contributed by atoms with van der Waals surface area (Å²) in [5.74, 6) is 1.99. The molecule has 121 valence electrons. The van der Waals surface area contributed by atoms with E-state index in [0.29, 0.717) is 0 Å². The maximum absolute atomic E-state index is 4.28. The number of nitrogens with zero attached hydrogens (tertiary/aromatic N) is 2. The van der Waals surface area contributed by atoms with Crippen LogP contribution in [0.2, 0.25) is 0 Å². The molecule has 2 aliphatic heterocycles. The molecule has 1 radical (unpaired) electrons. The van der Waals surface area contributed by atoms with Crippen molar-refractivity contribution in [2.24, 2.45) is 11.8 Å². The molecule has 0 saturated carbocycles. The third-order valence-electron chi connectivity index (χ3n) is 3.94. The Hall–Kier alpha value is 1.02. The molecule has 0 aromatic rings. The topological polar surface area (TPSA) is 28.2 Å². The van der Waals surface area contributed by atoms with Crippen molar-refractivity contribution in [3.8, 4) is 0 Å². The zero-order chi connectivity index (χ0) is 11.6. The molecule has 5 heteroatoms. The van der Waals surface area contributed by atoms with Gasteiger partial charge in [0.15, 0.2) is 0 Å². The summed E-state index contributed by atoms with van der Waals surface area (Å²) in [4.78, 5) is 0. The van der Waals surface area contributed by atoms with Crippen molar-refractivity contribution in [3.05, 3.63) is 10.6 Å². The summed E-state index contributed by atoms with van der Waals surface area (Å²) >= 11 is 0. The Bertz CT molecular complexity index is 144. The average Bonchev–Trinajstić information content (AvgIpc) is 2.41. The van der Waals surface area contributed by atoms with E-state index in [2.05, 4.69) is 24.5 Å². The maximum atomic E-state index is 4.28. The van der Waals surface area contributed by atoms with Crippen LogP contribution in [0.25, 0.3) is 10.6 Å². The molecule has 2 aliphatic rings. The minimum absolute atomic E-state index is 0. The molecule has 0 unspecified atom stereocenters. The van der Waals surface area contributed by atoms with E-state index in [4.69, 9.17) is 0 Å². The third kappa shape index (κ3) is 12.5. The molecule has 0 aromatic heterocycles. The van der Waals surface area contributed by atoms with Gasteiger partial charge >= 0.3 is 17.1 Å². The molecule has 2 saturated heterocycles. The van der Waals surface area contributed by atoms with E-state index in [1.165, 1.54) is 38.5 Å². The second-order valence-electron chi connectivity index (χ2n) is 5.04. The number of rotatable bonds is 2. The molecule has 0 spiro atoms. The predicted octanol–water partition coefficient (Wildman–Crippen LogP) is -1.63. The van der Waals surface area contributed by atoms with Gasteiger partial charge in [0, 0.05) is 0 Å². The van der Waals surface area contributed by atoms with E-state index in [0.717, 1.165) is 38.0 Å². The van der Waals surface area contributed by atoms with Gasteiger partial charge in [0.1, 0.15) is 0 Å². The Morgan fingerprint density at radius 2 is 0.947 bits per heavy atom. The number of hydrogen-bond acceptors (Lipinski definition) is 0. The number of piperidine rings is 2. The fraction of sp³-hybridized carbons (Fsp3) is 1.00. The van der Waals surface area contributed by atoms with Crippen molar-refractivity contribution in [1.82, 2.24) is 0 Å². The largest absolute Gasteiger partial charge is 2.00 e. The van der Waals surface area contributed by atoms with Gasteiger partial charge in [0.25, 0.3) is 0 Å². The summed E-state index contributed by atoms with van der Waals surface area (Å²) < 4.78 is 0. The van der Waals surface area contributed by atoms with Crippen LogP contribution in [0.3, 0.4) is 0 Å². The van der Waals surface area contributed by atoms with Crippen LogP contribution < -0.4 is 24.8 Å². The minimum atomic E-state index is 0. The zero-order valence-corrected chi connectivity index (χ0v) is 14.6. The van der Waals surface area contributed by atoms with Crippen LogP contribution in [-0.4, -0.2) is 26.2 Å². The van der Waals surface area contributed by atoms with Crippen LogP contribution in [0, 0.1) is 11.8 Å². The van der Waals surface area contributed by atoms with Gasteiger partial charge in [-0.05, 0) is 11.8 Å². The number of halogens is 2. The van der Waals surface area contributed by atoms with Crippen molar-refractivity contribution in [2.45, 2.75) is 52.4 Å². The summed E-state index contributed by atoms with van der Waals surface area (Å²) in [5.41, 5.74) is 0. The van der Waals surface area contributed by atoms with E-state index in [1.807, 2.05) is 0 Å². The SMILES string of the molecule is CCC1CC[N-]CC1.CCC1CC[N-]CC1.[Cl-].[Cl-].[Cu+2]. The quantitative estimate of drug-likeness (QED) is 0.530. The van der Waals surface area contributed by atoms with Gasteiger partial charge in [-0.15, -0.1) is 26.2 Å². The van der Waals surface area contributed by atoms with Crippen molar-refractivity contribution in [2.75, 3.05) is 26.2 Å². The Morgan fingerprint density at radius 1 is 0.684 bits per heavy atom. The first-order valence-corrected chi connectivity index (χ1v) is 7.13. The molecule has 0 aromatic carbocycles. The van der Waals surface area contributed by atoms with E-state index in [1.54, 1.807) is 0 Å². The standard InChI is InChI=1S/2C7H14N.2ClH.Cu/c2*1-2-7-3-5-8-6-4-7;;;/h2*7H,2-6H2,1H3;2*1H;/q2*-1;;;+2/p-2. The summed E-state index contributed by atoms with van der Waals surface area (Å²) in [6, 6.07) is 0. The van der Waals surface area contributed by atoms with Crippen molar-refractivity contribution < 1.29 is 41.9 Å². The summed E-state index contributed by atoms with van der Waals surface area (Å²) in [5, 5.41) is 8.55. The van der Waals surface area contributed by atoms with Gasteiger partial charge in [-0.1, -0.05) is 52.4 Å². The van der Waals surface area contributed by atoms with Crippen molar-refractivity contribution >= 4 is 0 Å². The zero-order valence-electron chi connectivity index (χ0n) is 12.2. The summed E-state index contributed by atoms with van der Waals surface area (Å²) in [6.45, 7) is 9.04. The van der Waals surface area contributed by atoms with E-state index in [9.17, 15) is 0 Å². The molecule has 0 aliphatic carbocycles.